The van der Waals surface area contributed by atoms with Crippen molar-refractivity contribution in [1.82, 2.24) is 15.3 Å². The summed E-state index contributed by atoms with van der Waals surface area (Å²) in [5.41, 5.74) is 0.396. The topological polar surface area (TPSA) is 106 Å². The Bertz CT molecular complexity index is 1130. The number of carbonyl (C=O) groups is 2. The normalized spacial score (nSPS) is 16.3. The molecule has 32 heavy (non-hydrogen) atoms. The molecule has 2 N–H and O–H groups in total. The lowest BCUT2D eigenvalue weighted by atomic mass is 9.98. The molecule has 1 aliphatic rings. The molecule has 3 rings (SSSR count). The van der Waals surface area contributed by atoms with Crippen LogP contribution in [0.1, 0.15) is 6.42 Å². The van der Waals surface area contributed by atoms with Crippen LogP contribution in [0.15, 0.2) is 59.3 Å². The summed E-state index contributed by atoms with van der Waals surface area (Å²) in [7, 11) is 1.42. The molecule has 1 amide bonds. The Labute approximate surface area is 178 Å². The molecule has 0 atom stereocenters. The number of aliphatic imine (C=N–C) groups is 1. The summed E-state index contributed by atoms with van der Waals surface area (Å²) in [6, 6.07) is 4.56. The lowest BCUT2D eigenvalue weighted by Gasteiger charge is -2.11. The smallest absolute Gasteiger partial charge is 0.406 e. The van der Waals surface area contributed by atoms with E-state index in [0.29, 0.717) is 0 Å². The second kappa shape index (κ2) is 9.37. The fourth-order valence-corrected chi connectivity index (χ4v) is 2.55. The first-order valence-electron chi connectivity index (χ1n) is 9.02. The number of likely N-dealkylation sites (N-methyl/N-ethyl adjacent to an activating group) is 1. The highest BCUT2D eigenvalue weighted by molar-refractivity contribution is 6.48. The third kappa shape index (κ3) is 5.97. The molecule has 0 saturated heterocycles. The summed E-state index contributed by atoms with van der Waals surface area (Å²) in [5, 5.41) is 4.97. The number of aromatic nitrogens is 2. The summed E-state index contributed by atoms with van der Waals surface area (Å²) in [6.07, 6.45) is 0.402. The van der Waals surface area contributed by atoms with Crippen molar-refractivity contribution in [2.75, 3.05) is 12.4 Å². The van der Waals surface area contributed by atoms with Gasteiger partial charge in [0.05, 0.1) is 11.9 Å². The lowest BCUT2D eigenvalue weighted by molar-refractivity contribution is -0.274. The van der Waals surface area contributed by atoms with Gasteiger partial charge in [0, 0.05) is 30.8 Å². The van der Waals surface area contributed by atoms with E-state index in [1.54, 1.807) is 6.08 Å². The number of nitrogens with one attached hydrogen (secondary N) is 2. The third-order valence-electron chi connectivity index (χ3n) is 3.98. The molecule has 0 bridgehead atoms. The van der Waals surface area contributed by atoms with Gasteiger partial charge in [0.2, 0.25) is 11.7 Å². The highest BCUT2D eigenvalue weighted by Crippen LogP contribution is 2.26. The van der Waals surface area contributed by atoms with Gasteiger partial charge >= 0.3 is 6.36 Å². The van der Waals surface area contributed by atoms with E-state index in [4.69, 9.17) is 0 Å². The quantitative estimate of drug-likeness (QED) is 0.535. The Balaban J connectivity index is 1.80. The first kappa shape index (κ1) is 22.6. The van der Waals surface area contributed by atoms with Crippen LogP contribution in [0.3, 0.4) is 0 Å². The maximum absolute atomic E-state index is 14.1. The van der Waals surface area contributed by atoms with Crippen LogP contribution in [0.5, 0.6) is 5.75 Å². The minimum absolute atomic E-state index is 0.0499. The first-order chi connectivity index (χ1) is 15.1. The van der Waals surface area contributed by atoms with Crippen LogP contribution in [-0.2, 0) is 9.59 Å². The van der Waals surface area contributed by atoms with Crippen LogP contribution in [-0.4, -0.2) is 40.8 Å². The predicted octanol–water partition coefficient (Wildman–Crippen LogP) is 3.53. The summed E-state index contributed by atoms with van der Waals surface area (Å²) >= 11 is 0. The first-order valence-corrected chi connectivity index (χ1v) is 9.02. The maximum atomic E-state index is 14.1. The number of benzene rings is 1. The van der Waals surface area contributed by atoms with E-state index in [9.17, 15) is 27.2 Å². The van der Waals surface area contributed by atoms with E-state index in [1.165, 1.54) is 25.3 Å². The van der Waals surface area contributed by atoms with Gasteiger partial charge in [0.1, 0.15) is 5.75 Å². The van der Waals surface area contributed by atoms with Gasteiger partial charge in [-0.25, -0.2) is 14.4 Å². The molecule has 0 spiro atoms. The van der Waals surface area contributed by atoms with E-state index in [2.05, 4.69) is 30.3 Å². The molecule has 166 valence electrons. The SMILES string of the molecule is CNC(=O)C=C1C=CCC(=Nc2ncc(F)c(Nc3ccc(OC(F)(F)F)cc3)n2)C1=O. The van der Waals surface area contributed by atoms with Crippen LogP contribution in [0.25, 0.3) is 0 Å². The van der Waals surface area contributed by atoms with Crippen LogP contribution >= 0.6 is 0 Å². The van der Waals surface area contributed by atoms with Crippen molar-refractivity contribution in [1.29, 1.82) is 0 Å². The second-order valence-corrected chi connectivity index (χ2v) is 6.27. The number of hydrogen-bond donors (Lipinski definition) is 2. The molecule has 0 unspecified atom stereocenters. The molecule has 1 aromatic heterocycles. The second-order valence-electron chi connectivity index (χ2n) is 6.27. The summed E-state index contributed by atoms with van der Waals surface area (Å²) in [4.78, 5) is 35.7. The van der Waals surface area contributed by atoms with E-state index < -0.39 is 29.6 Å². The number of halogens is 4. The standard InChI is InChI=1S/C20H15F4N5O3/c1-25-16(30)9-11-3-2-4-15(17(11)31)28-19-26-10-14(21)18(29-19)27-12-5-7-13(8-6-12)32-20(22,23)24/h2-3,5-10H,4H2,1H3,(H,25,30)(H,26,27,29). The minimum Gasteiger partial charge on any atom is -0.406 e. The number of ether oxygens (including phenoxy) is 1. The van der Waals surface area contributed by atoms with Gasteiger partial charge in [0.15, 0.2) is 11.6 Å². The van der Waals surface area contributed by atoms with Crippen molar-refractivity contribution in [3.63, 3.8) is 0 Å². The van der Waals surface area contributed by atoms with Gasteiger partial charge in [-0.3, -0.25) is 9.59 Å². The molecule has 0 radical (unpaired) electrons. The fourth-order valence-electron chi connectivity index (χ4n) is 2.55. The monoisotopic (exact) mass is 449 g/mol. The molecular weight excluding hydrogens is 434 g/mol. The average Bonchev–Trinajstić information content (AvgIpc) is 2.73. The third-order valence-corrected chi connectivity index (χ3v) is 3.98. The van der Waals surface area contributed by atoms with E-state index in [-0.39, 0.29) is 35.2 Å². The van der Waals surface area contributed by atoms with Gasteiger partial charge in [-0.1, -0.05) is 12.2 Å². The van der Waals surface area contributed by atoms with Crippen LogP contribution in [0.2, 0.25) is 0 Å². The number of nitrogens with zero attached hydrogens (tertiary/aromatic N) is 3. The van der Waals surface area contributed by atoms with Crippen molar-refractivity contribution in [2.45, 2.75) is 12.8 Å². The molecule has 0 saturated carbocycles. The Hall–Kier alpha value is -4.09. The van der Waals surface area contributed by atoms with Crippen molar-refractivity contribution < 1.29 is 31.9 Å². The van der Waals surface area contributed by atoms with Gasteiger partial charge in [-0.05, 0) is 24.3 Å². The Morgan fingerprint density at radius 1 is 1.25 bits per heavy atom. The number of allylic oxidation sites excluding steroid dienone is 3. The number of alkyl halides is 3. The number of Topliss-reactive ketones (excluding diaryl/α,β-unsaturated/α-hetero) is 1. The van der Waals surface area contributed by atoms with Gasteiger partial charge in [-0.15, -0.1) is 13.2 Å². The highest BCUT2D eigenvalue weighted by Gasteiger charge is 2.31. The molecule has 12 heteroatoms. The number of ketones is 1. The molecular formula is C20H15F4N5O3. The molecule has 1 aliphatic carbocycles. The molecule has 8 nitrogen and oxygen atoms in total. The fraction of sp³-hybridized carbons (Fsp3) is 0.150. The number of amides is 1. The Morgan fingerprint density at radius 3 is 2.62 bits per heavy atom. The molecule has 1 aromatic carbocycles. The highest BCUT2D eigenvalue weighted by atomic mass is 19.4. The zero-order valence-corrected chi connectivity index (χ0v) is 16.4. The summed E-state index contributed by atoms with van der Waals surface area (Å²) < 4.78 is 54.6. The van der Waals surface area contributed by atoms with E-state index in [0.717, 1.165) is 24.4 Å². The number of hydrogen-bond acceptors (Lipinski definition) is 7. The number of rotatable bonds is 5. The van der Waals surface area contributed by atoms with Crippen molar-refractivity contribution in [3.05, 3.63) is 60.1 Å². The largest absolute Gasteiger partial charge is 0.573 e. The number of carbonyl (C=O) groups excluding carboxylic acids is 2. The molecule has 1 heterocycles. The van der Waals surface area contributed by atoms with Crippen molar-refractivity contribution in [2.24, 2.45) is 4.99 Å². The van der Waals surface area contributed by atoms with Gasteiger partial charge < -0.3 is 15.4 Å². The average molecular weight is 449 g/mol. The molecule has 2 aromatic rings. The van der Waals surface area contributed by atoms with Crippen LogP contribution < -0.4 is 15.4 Å². The predicted molar refractivity (Wildman–Crippen MR) is 106 cm³/mol. The Morgan fingerprint density at radius 2 is 1.97 bits per heavy atom. The summed E-state index contributed by atoms with van der Waals surface area (Å²) in [6.45, 7) is 0. The zero-order valence-electron chi connectivity index (χ0n) is 16.4. The number of anilines is 2. The Kier molecular flexibility index (Phi) is 6.61. The minimum atomic E-state index is -4.83. The van der Waals surface area contributed by atoms with E-state index in [1.807, 2.05) is 0 Å². The lowest BCUT2D eigenvalue weighted by Crippen LogP contribution is -2.22. The molecule has 0 fully saturated rings. The van der Waals surface area contributed by atoms with Gasteiger partial charge in [-0.2, -0.15) is 4.98 Å². The maximum Gasteiger partial charge on any atom is 0.573 e. The van der Waals surface area contributed by atoms with Gasteiger partial charge in [0.25, 0.3) is 5.95 Å². The van der Waals surface area contributed by atoms with E-state index >= 15 is 0 Å². The van der Waals surface area contributed by atoms with Crippen molar-refractivity contribution in [3.8, 4) is 5.75 Å². The molecule has 0 aliphatic heterocycles. The van der Waals surface area contributed by atoms with Crippen molar-refractivity contribution >= 4 is 34.9 Å². The van der Waals surface area contributed by atoms with Crippen LogP contribution in [0, 0.1) is 5.82 Å². The van der Waals surface area contributed by atoms with Crippen LogP contribution in [0.4, 0.5) is 35.0 Å². The zero-order chi connectivity index (χ0) is 23.3. The summed E-state index contributed by atoms with van der Waals surface area (Å²) in [5.74, 6) is -2.77.